The first kappa shape index (κ1) is 21.9. The second kappa shape index (κ2) is 8.34. The summed E-state index contributed by atoms with van der Waals surface area (Å²) in [7, 11) is 0. The molecule has 13 heteroatoms. The quantitative estimate of drug-likeness (QED) is 0.720. The molecule has 0 spiro atoms. The lowest BCUT2D eigenvalue weighted by atomic mass is 9.98. The van der Waals surface area contributed by atoms with Crippen LogP contribution in [0.4, 0.5) is 19.0 Å². The van der Waals surface area contributed by atoms with Crippen molar-refractivity contribution in [2.75, 3.05) is 18.5 Å². The minimum Gasteiger partial charge on any atom is -0.474 e. The topological polar surface area (TPSA) is 101 Å². The summed E-state index contributed by atoms with van der Waals surface area (Å²) in [5.41, 5.74) is -1.09. The number of hydrogen-bond donors (Lipinski definition) is 1. The van der Waals surface area contributed by atoms with Gasteiger partial charge in [0.05, 0.1) is 37.4 Å². The van der Waals surface area contributed by atoms with Gasteiger partial charge in [-0.3, -0.25) is 4.98 Å². The number of fused-ring (bicyclic) bond motifs is 1. The van der Waals surface area contributed by atoms with Crippen molar-refractivity contribution < 1.29 is 32.1 Å². The third-order valence-corrected chi connectivity index (χ3v) is 4.86. The highest BCUT2D eigenvalue weighted by molar-refractivity contribution is 6.29. The molecule has 9 nitrogen and oxygen atoms in total. The van der Waals surface area contributed by atoms with Crippen LogP contribution in [-0.4, -0.2) is 63.3 Å². The summed E-state index contributed by atoms with van der Waals surface area (Å²) in [5.74, 6) is -0.690. The Labute approximate surface area is 180 Å². The van der Waals surface area contributed by atoms with Crippen LogP contribution in [0.3, 0.4) is 0 Å². The number of alkyl halides is 3. The second-order valence-corrected chi connectivity index (χ2v) is 7.85. The van der Waals surface area contributed by atoms with E-state index in [-0.39, 0.29) is 30.1 Å². The SMILES string of the molecule is CC1(C)O[C@@H]2[C@H](O1)[C@@H](Nc1cncc(C(F)(F)F)n1)CO[C@@H]2COc1cnc(Cl)cn1. The van der Waals surface area contributed by atoms with Crippen LogP contribution in [0.15, 0.2) is 24.8 Å². The minimum absolute atomic E-state index is 0.0402. The molecule has 0 radical (unpaired) electrons. The van der Waals surface area contributed by atoms with Crippen molar-refractivity contribution in [3.8, 4) is 5.88 Å². The molecule has 2 aromatic rings. The Morgan fingerprint density at radius 1 is 1.16 bits per heavy atom. The molecule has 1 N–H and O–H groups in total. The molecule has 0 bridgehead atoms. The fourth-order valence-corrected chi connectivity index (χ4v) is 3.50. The average molecular weight is 462 g/mol. The van der Waals surface area contributed by atoms with E-state index in [2.05, 4.69) is 25.3 Å². The number of hydrogen-bond acceptors (Lipinski definition) is 9. The maximum atomic E-state index is 12.9. The molecule has 2 aliphatic heterocycles. The molecule has 4 atom stereocenters. The molecule has 2 fully saturated rings. The van der Waals surface area contributed by atoms with Crippen LogP contribution >= 0.6 is 11.6 Å². The molecule has 0 aliphatic carbocycles. The van der Waals surface area contributed by atoms with Crippen molar-refractivity contribution in [3.63, 3.8) is 0 Å². The van der Waals surface area contributed by atoms with Crippen LogP contribution in [0.1, 0.15) is 19.5 Å². The van der Waals surface area contributed by atoms with Gasteiger partial charge < -0.3 is 24.3 Å². The van der Waals surface area contributed by atoms with E-state index in [9.17, 15) is 13.2 Å². The van der Waals surface area contributed by atoms with E-state index in [4.69, 9.17) is 30.5 Å². The maximum Gasteiger partial charge on any atom is 0.434 e. The molecule has 2 aliphatic rings. The van der Waals surface area contributed by atoms with Crippen molar-refractivity contribution in [3.05, 3.63) is 35.6 Å². The summed E-state index contributed by atoms with van der Waals surface area (Å²) in [6.45, 7) is 3.72. The van der Waals surface area contributed by atoms with Crippen molar-refractivity contribution in [2.45, 2.75) is 50.2 Å². The number of ether oxygens (including phenoxy) is 4. The molecule has 0 amide bonds. The summed E-state index contributed by atoms with van der Waals surface area (Å²) < 4.78 is 62.3. The first-order valence-corrected chi connectivity index (χ1v) is 9.72. The predicted molar refractivity (Wildman–Crippen MR) is 101 cm³/mol. The van der Waals surface area contributed by atoms with Gasteiger partial charge in [0.2, 0.25) is 5.88 Å². The number of nitrogens with zero attached hydrogens (tertiary/aromatic N) is 4. The van der Waals surface area contributed by atoms with Gasteiger partial charge in [0.1, 0.15) is 35.9 Å². The van der Waals surface area contributed by atoms with Gasteiger partial charge in [0, 0.05) is 0 Å². The second-order valence-electron chi connectivity index (χ2n) is 7.46. The van der Waals surface area contributed by atoms with Crippen LogP contribution in [-0.2, 0) is 20.4 Å². The fraction of sp³-hybridized carbons (Fsp3) is 0.556. The molecular formula is C18H19ClF3N5O4. The molecule has 0 unspecified atom stereocenters. The zero-order valence-electron chi connectivity index (χ0n) is 16.5. The van der Waals surface area contributed by atoms with Crippen molar-refractivity contribution in [1.82, 2.24) is 19.9 Å². The van der Waals surface area contributed by atoms with E-state index in [1.165, 1.54) is 18.6 Å². The van der Waals surface area contributed by atoms with Gasteiger partial charge >= 0.3 is 6.18 Å². The van der Waals surface area contributed by atoms with Crippen molar-refractivity contribution in [1.29, 1.82) is 0 Å². The van der Waals surface area contributed by atoms with Gasteiger partial charge in [-0.2, -0.15) is 13.2 Å². The van der Waals surface area contributed by atoms with Gasteiger partial charge in [0.25, 0.3) is 0 Å². The lowest BCUT2D eigenvalue weighted by Crippen LogP contribution is -2.55. The van der Waals surface area contributed by atoms with Crippen LogP contribution in [0, 0.1) is 0 Å². The summed E-state index contributed by atoms with van der Waals surface area (Å²) >= 11 is 5.71. The molecule has 168 valence electrons. The minimum atomic E-state index is -4.60. The van der Waals surface area contributed by atoms with Crippen LogP contribution < -0.4 is 10.1 Å². The van der Waals surface area contributed by atoms with Crippen LogP contribution in [0.5, 0.6) is 5.88 Å². The summed E-state index contributed by atoms with van der Waals surface area (Å²) in [5, 5.41) is 3.16. The number of nitrogens with one attached hydrogen (secondary N) is 1. The third kappa shape index (κ3) is 5.14. The van der Waals surface area contributed by atoms with Crippen LogP contribution in [0.2, 0.25) is 5.15 Å². The van der Waals surface area contributed by atoms with Gasteiger partial charge in [0.15, 0.2) is 11.5 Å². The van der Waals surface area contributed by atoms with E-state index in [0.29, 0.717) is 6.20 Å². The van der Waals surface area contributed by atoms with E-state index in [0.717, 1.165) is 0 Å². The van der Waals surface area contributed by atoms with Gasteiger partial charge in [-0.1, -0.05) is 11.6 Å². The standard InChI is InChI=1S/C18H19ClF3N5O4/c1-17(2)30-15-9(26-13-5-23-3-11(27-13)18(20,21)22)7-28-10(16(15)31-17)8-29-14-6-24-12(19)4-25-14/h3-6,9-10,15-16H,7-8H2,1-2H3,(H,26,27)/t9-,10+,15+,16-/m0/s1. The molecule has 2 aromatic heterocycles. The Bertz CT molecular complexity index is 918. The predicted octanol–water partition coefficient (Wildman–Crippen LogP) is 2.72. The Morgan fingerprint density at radius 2 is 1.94 bits per heavy atom. The normalized spacial score (nSPS) is 27.5. The maximum absolute atomic E-state index is 12.9. The van der Waals surface area contributed by atoms with E-state index in [1.54, 1.807) is 13.8 Å². The molecular weight excluding hydrogens is 443 g/mol. The Balaban J connectivity index is 1.46. The summed E-state index contributed by atoms with van der Waals surface area (Å²) in [4.78, 5) is 15.1. The van der Waals surface area contributed by atoms with Gasteiger partial charge in [-0.15, -0.1) is 0 Å². The molecule has 4 heterocycles. The molecule has 0 saturated carbocycles. The van der Waals surface area contributed by atoms with Crippen LogP contribution in [0.25, 0.3) is 0 Å². The number of aromatic nitrogens is 4. The van der Waals surface area contributed by atoms with Crippen molar-refractivity contribution in [2.24, 2.45) is 0 Å². The highest BCUT2D eigenvalue weighted by Crippen LogP contribution is 2.36. The van der Waals surface area contributed by atoms with E-state index >= 15 is 0 Å². The Kier molecular flexibility index (Phi) is 5.90. The third-order valence-electron chi connectivity index (χ3n) is 4.67. The highest BCUT2D eigenvalue weighted by Gasteiger charge is 2.52. The molecule has 2 saturated heterocycles. The smallest absolute Gasteiger partial charge is 0.434 e. The first-order valence-electron chi connectivity index (χ1n) is 9.34. The molecule has 31 heavy (non-hydrogen) atoms. The average Bonchev–Trinajstić information content (AvgIpc) is 3.04. The van der Waals surface area contributed by atoms with Crippen molar-refractivity contribution >= 4 is 17.4 Å². The van der Waals surface area contributed by atoms with Gasteiger partial charge in [-0.05, 0) is 13.8 Å². The number of rotatable bonds is 5. The van der Waals surface area contributed by atoms with E-state index < -0.39 is 42.0 Å². The zero-order chi connectivity index (χ0) is 22.2. The Morgan fingerprint density at radius 3 is 2.65 bits per heavy atom. The van der Waals surface area contributed by atoms with Gasteiger partial charge in [-0.25, -0.2) is 15.0 Å². The zero-order valence-corrected chi connectivity index (χ0v) is 17.2. The highest BCUT2D eigenvalue weighted by atomic mass is 35.5. The largest absolute Gasteiger partial charge is 0.474 e. The summed E-state index contributed by atoms with van der Waals surface area (Å²) in [6.07, 6.45) is -1.56. The fourth-order valence-electron chi connectivity index (χ4n) is 3.40. The lowest BCUT2D eigenvalue weighted by molar-refractivity contribution is -0.156. The molecule has 4 rings (SSSR count). The monoisotopic (exact) mass is 461 g/mol. The number of halogens is 4. The Hall–Kier alpha value is -2.28. The first-order chi connectivity index (χ1) is 14.6. The van der Waals surface area contributed by atoms with E-state index in [1.807, 2.05) is 0 Å². The molecule has 0 aromatic carbocycles. The summed E-state index contributed by atoms with van der Waals surface area (Å²) in [6, 6.07) is -0.517. The number of anilines is 1. The lowest BCUT2D eigenvalue weighted by Gasteiger charge is -2.37.